The van der Waals surface area contributed by atoms with Crippen molar-refractivity contribution in [3.63, 3.8) is 0 Å². The molecule has 2 fully saturated rings. The minimum absolute atomic E-state index is 0.0569. The van der Waals surface area contributed by atoms with E-state index in [1.165, 1.54) is 11.1 Å². The number of halogens is 1. The molecule has 1 saturated carbocycles. The first-order valence-corrected chi connectivity index (χ1v) is 17.3. The van der Waals surface area contributed by atoms with E-state index in [4.69, 9.17) is 25.8 Å². The molecular formula is C32H39ClN2O6S. The highest BCUT2D eigenvalue weighted by molar-refractivity contribution is 7.90. The van der Waals surface area contributed by atoms with Gasteiger partial charge in [-0.2, -0.15) is 0 Å². The van der Waals surface area contributed by atoms with Crippen LogP contribution >= 0.6 is 11.6 Å². The van der Waals surface area contributed by atoms with Crippen molar-refractivity contribution < 1.29 is 27.4 Å². The molecule has 2 aromatic carbocycles. The van der Waals surface area contributed by atoms with Gasteiger partial charge in [-0.3, -0.25) is 4.79 Å². The van der Waals surface area contributed by atoms with Crippen LogP contribution in [0.4, 0.5) is 5.69 Å². The van der Waals surface area contributed by atoms with Gasteiger partial charge in [-0.15, -0.1) is 0 Å². The molecule has 3 heterocycles. The summed E-state index contributed by atoms with van der Waals surface area (Å²) < 4.78 is 47.3. The molecule has 6 atom stereocenters. The second-order valence-corrected chi connectivity index (χ2v) is 15.2. The molecule has 226 valence electrons. The number of benzene rings is 2. The fraction of sp³-hybridized carbons (Fsp3) is 0.594. The van der Waals surface area contributed by atoms with E-state index in [-0.39, 0.29) is 23.4 Å². The van der Waals surface area contributed by atoms with Gasteiger partial charge in [-0.1, -0.05) is 17.7 Å². The van der Waals surface area contributed by atoms with Gasteiger partial charge in [-0.25, -0.2) is 13.1 Å². The Morgan fingerprint density at radius 3 is 2.83 bits per heavy atom. The van der Waals surface area contributed by atoms with Gasteiger partial charge in [0.15, 0.2) is 0 Å². The average molecular weight is 615 g/mol. The Hall–Kier alpha value is -2.33. The van der Waals surface area contributed by atoms with Crippen molar-refractivity contribution in [2.75, 3.05) is 37.0 Å². The highest BCUT2D eigenvalue weighted by Gasteiger charge is 2.45. The molecule has 1 N–H and O–H groups in total. The molecule has 1 unspecified atom stereocenters. The quantitative estimate of drug-likeness (QED) is 0.453. The lowest BCUT2D eigenvalue weighted by molar-refractivity contribution is -0.126. The van der Waals surface area contributed by atoms with E-state index in [1.54, 1.807) is 19.1 Å². The standard InChI is InChI=1S/C32H39ClN2O6S/c1-20-17-42(37,38)34-31(36)22-5-9-29-28(14-22)35(16-23-4-7-26(23)30-15-25(41-20)10-12-39-30)18-32(19-40-29)11-2-3-21-13-24(33)6-8-27(21)32/h5-6,8-9,13-14,20,23,25-26,30H,2-4,7,10-12,15-19H2,1H3,(H,34,36)/t20-,23+,25?,26-,30-,32+/m1/s1. The average Bonchev–Trinajstić information content (AvgIpc) is 3.07. The van der Waals surface area contributed by atoms with Crippen molar-refractivity contribution in [1.29, 1.82) is 0 Å². The predicted molar refractivity (Wildman–Crippen MR) is 161 cm³/mol. The molecule has 1 amide bonds. The van der Waals surface area contributed by atoms with Crippen molar-refractivity contribution in [1.82, 2.24) is 4.72 Å². The highest BCUT2D eigenvalue weighted by atomic mass is 35.5. The zero-order valence-electron chi connectivity index (χ0n) is 24.0. The largest absolute Gasteiger partial charge is 0.490 e. The first-order valence-electron chi connectivity index (χ1n) is 15.3. The molecular weight excluding hydrogens is 576 g/mol. The summed E-state index contributed by atoms with van der Waals surface area (Å²) in [4.78, 5) is 15.7. The first kappa shape index (κ1) is 28.4. The number of hydrogen-bond acceptors (Lipinski definition) is 7. The molecule has 0 aromatic heterocycles. The number of nitrogens with one attached hydrogen (secondary N) is 1. The lowest BCUT2D eigenvalue weighted by atomic mass is 9.67. The van der Waals surface area contributed by atoms with Crippen LogP contribution in [0.25, 0.3) is 0 Å². The first-order chi connectivity index (χ1) is 20.2. The molecule has 3 aliphatic heterocycles. The van der Waals surface area contributed by atoms with Crippen LogP contribution in [0.2, 0.25) is 5.02 Å². The van der Waals surface area contributed by atoms with Crippen molar-refractivity contribution >= 4 is 33.2 Å². The maximum absolute atomic E-state index is 13.3. The Bertz CT molecular complexity index is 1480. The minimum atomic E-state index is -3.91. The third kappa shape index (κ3) is 5.42. The number of fused-ring (bicyclic) bond motifs is 7. The van der Waals surface area contributed by atoms with E-state index in [0.717, 1.165) is 74.5 Å². The Balaban J connectivity index is 1.29. The van der Waals surface area contributed by atoms with Crippen molar-refractivity contribution in [3.8, 4) is 5.75 Å². The number of amides is 1. The second-order valence-electron chi connectivity index (χ2n) is 13.0. The maximum atomic E-state index is 13.3. The van der Waals surface area contributed by atoms with E-state index < -0.39 is 22.0 Å². The summed E-state index contributed by atoms with van der Waals surface area (Å²) in [7, 11) is -3.91. The molecule has 2 aromatic rings. The summed E-state index contributed by atoms with van der Waals surface area (Å²) in [6, 6.07) is 11.5. The Labute approximate surface area is 253 Å². The number of sulfonamides is 1. The van der Waals surface area contributed by atoms with Crippen LogP contribution in [0.5, 0.6) is 5.75 Å². The van der Waals surface area contributed by atoms with E-state index in [0.29, 0.717) is 30.6 Å². The molecule has 42 heavy (non-hydrogen) atoms. The summed E-state index contributed by atoms with van der Waals surface area (Å²) in [6.45, 7) is 4.46. The van der Waals surface area contributed by atoms with Crippen LogP contribution in [-0.2, 0) is 31.3 Å². The summed E-state index contributed by atoms with van der Waals surface area (Å²) in [5, 5.41) is 0.751. The molecule has 4 bridgehead atoms. The van der Waals surface area contributed by atoms with Crippen LogP contribution < -0.4 is 14.4 Å². The number of carbonyl (C=O) groups excluding carboxylic acids is 1. The van der Waals surface area contributed by atoms with Gasteiger partial charge < -0.3 is 19.1 Å². The van der Waals surface area contributed by atoms with Gasteiger partial charge in [0.2, 0.25) is 10.0 Å². The number of carbonyl (C=O) groups is 1. The number of anilines is 1. The zero-order valence-corrected chi connectivity index (χ0v) is 25.6. The number of rotatable bonds is 0. The van der Waals surface area contributed by atoms with Crippen molar-refractivity contribution in [2.45, 2.75) is 75.6 Å². The second kappa shape index (κ2) is 11.0. The molecule has 5 aliphatic rings. The number of hydrogen-bond donors (Lipinski definition) is 1. The predicted octanol–water partition coefficient (Wildman–Crippen LogP) is 4.87. The normalized spacial score (nSPS) is 34.2. The van der Waals surface area contributed by atoms with Crippen LogP contribution in [0.1, 0.15) is 66.9 Å². The molecule has 2 aliphatic carbocycles. The smallest absolute Gasteiger partial charge is 0.264 e. The number of nitrogens with zero attached hydrogens (tertiary/aromatic N) is 1. The summed E-state index contributed by atoms with van der Waals surface area (Å²) in [6.07, 6.45) is 6.28. The third-order valence-electron chi connectivity index (χ3n) is 10.1. The number of aryl methyl sites for hydroxylation is 1. The minimum Gasteiger partial charge on any atom is -0.490 e. The van der Waals surface area contributed by atoms with E-state index >= 15 is 0 Å². The number of ether oxygens (including phenoxy) is 3. The van der Waals surface area contributed by atoms with Gasteiger partial charge in [0.05, 0.1) is 36.4 Å². The van der Waals surface area contributed by atoms with Gasteiger partial charge in [0.25, 0.3) is 5.91 Å². The van der Waals surface area contributed by atoms with Crippen LogP contribution in [0.3, 0.4) is 0 Å². The van der Waals surface area contributed by atoms with Crippen molar-refractivity contribution in [2.24, 2.45) is 11.8 Å². The van der Waals surface area contributed by atoms with Gasteiger partial charge in [0.1, 0.15) is 5.75 Å². The Kier molecular flexibility index (Phi) is 7.44. The topological polar surface area (TPSA) is 94.2 Å². The zero-order chi connectivity index (χ0) is 29.1. The third-order valence-corrected chi connectivity index (χ3v) is 11.7. The monoisotopic (exact) mass is 614 g/mol. The van der Waals surface area contributed by atoms with Crippen LogP contribution in [0, 0.1) is 11.8 Å². The van der Waals surface area contributed by atoms with Crippen LogP contribution in [0.15, 0.2) is 36.4 Å². The molecule has 1 spiro atoms. The Morgan fingerprint density at radius 1 is 1.12 bits per heavy atom. The summed E-state index contributed by atoms with van der Waals surface area (Å²) in [5.74, 6) is 0.657. The highest BCUT2D eigenvalue weighted by Crippen LogP contribution is 2.47. The van der Waals surface area contributed by atoms with Gasteiger partial charge in [-0.05, 0) is 98.7 Å². The van der Waals surface area contributed by atoms with Gasteiger partial charge in [0, 0.05) is 42.1 Å². The SMILES string of the molecule is C[C@@H]1CS(=O)(=O)NC(=O)c2ccc3c(c2)N(C[C@@H]2CC[C@H]2[C@H]2CC(CCO2)O1)C[C@@]1(CCCc2cc(Cl)ccc21)CO3. The maximum Gasteiger partial charge on any atom is 0.264 e. The molecule has 8 nitrogen and oxygen atoms in total. The Morgan fingerprint density at radius 2 is 2.00 bits per heavy atom. The van der Waals surface area contributed by atoms with E-state index in [9.17, 15) is 13.2 Å². The fourth-order valence-corrected chi connectivity index (χ4v) is 9.36. The fourth-order valence-electron chi connectivity index (χ4n) is 7.99. The molecule has 7 rings (SSSR count). The summed E-state index contributed by atoms with van der Waals surface area (Å²) >= 11 is 6.41. The molecule has 10 heteroatoms. The van der Waals surface area contributed by atoms with Crippen LogP contribution in [-0.4, -0.2) is 64.7 Å². The van der Waals surface area contributed by atoms with E-state index in [1.807, 2.05) is 12.1 Å². The lowest BCUT2D eigenvalue weighted by Gasteiger charge is -2.48. The molecule has 1 saturated heterocycles. The van der Waals surface area contributed by atoms with Crippen molar-refractivity contribution in [3.05, 3.63) is 58.1 Å². The molecule has 0 radical (unpaired) electrons. The lowest BCUT2D eigenvalue weighted by Crippen LogP contribution is -2.51. The summed E-state index contributed by atoms with van der Waals surface area (Å²) in [5.41, 5.74) is 3.48. The van der Waals surface area contributed by atoms with Gasteiger partial charge >= 0.3 is 0 Å². The van der Waals surface area contributed by atoms with E-state index in [2.05, 4.69) is 21.8 Å².